The summed E-state index contributed by atoms with van der Waals surface area (Å²) in [6.45, 7) is 5.22. The van der Waals surface area contributed by atoms with Crippen molar-refractivity contribution < 1.29 is 9.47 Å². The van der Waals surface area contributed by atoms with Crippen LogP contribution in [0, 0.1) is 6.92 Å². The molecular weight excluding hydrogens is 448 g/mol. The highest BCUT2D eigenvalue weighted by Crippen LogP contribution is 2.31. The number of rotatable bonds is 7. The smallest absolute Gasteiger partial charge is 0.188 e. The van der Waals surface area contributed by atoms with Crippen molar-refractivity contribution in [2.75, 3.05) is 11.9 Å². The van der Waals surface area contributed by atoms with Gasteiger partial charge in [-0.15, -0.1) is 0 Å². The molecule has 2 heterocycles. The summed E-state index contributed by atoms with van der Waals surface area (Å²) < 4.78 is 11.6. The molecule has 0 radical (unpaired) electrons. The molecule has 0 spiro atoms. The summed E-state index contributed by atoms with van der Waals surface area (Å²) in [6, 6.07) is 20.2. The Labute approximate surface area is 203 Å². The fourth-order valence-electron chi connectivity index (χ4n) is 3.92. The van der Waals surface area contributed by atoms with Gasteiger partial charge in [-0.3, -0.25) is 0 Å². The standard InChI is InChI=1S/C27H25ClN4O2/c1-17-4-3-5-20(10-17)15-33-25-9-7-21(13-23(25)28)32-27-22-11-19(6-8-24(22)29-16-30-27)12-26-31-18(2)14-34-26/h3-11,13,16,18H,12,14-15H2,1-2H3,(H,29,30,32)/t18-/m0/s1. The van der Waals surface area contributed by atoms with E-state index in [2.05, 4.69) is 45.4 Å². The lowest BCUT2D eigenvalue weighted by Gasteiger charge is -2.12. The monoisotopic (exact) mass is 472 g/mol. The predicted octanol–water partition coefficient (Wildman–Crippen LogP) is 6.27. The first-order chi connectivity index (χ1) is 16.5. The molecule has 0 aliphatic carbocycles. The zero-order valence-corrected chi connectivity index (χ0v) is 19.8. The summed E-state index contributed by atoms with van der Waals surface area (Å²) >= 11 is 6.52. The van der Waals surface area contributed by atoms with Crippen molar-refractivity contribution in [3.05, 3.63) is 88.7 Å². The Morgan fingerprint density at radius 2 is 1.97 bits per heavy atom. The van der Waals surface area contributed by atoms with Gasteiger partial charge in [0.25, 0.3) is 0 Å². The van der Waals surface area contributed by atoms with Crippen molar-refractivity contribution in [2.45, 2.75) is 32.9 Å². The average molecular weight is 473 g/mol. The van der Waals surface area contributed by atoms with Crippen molar-refractivity contribution in [3.8, 4) is 5.75 Å². The SMILES string of the molecule is Cc1cccc(COc2ccc(Nc3ncnc4ccc(CC5=N[C@@H](C)CO5)cc34)cc2Cl)c1. The first kappa shape index (κ1) is 22.2. The molecule has 1 aromatic heterocycles. The van der Waals surface area contributed by atoms with E-state index in [-0.39, 0.29) is 6.04 Å². The first-order valence-electron chi connectivity index (χ1n) is 11.2. The Hall–Kier alpha value is -3.64. The number of hydrogen-bond acceptors (Lipinski definition) is 6. The number of benzene rings is 3. The van der Waals surface area contributed by atoms with Crippen LogP contribution in [0.4, 0.5) is 11.5 Å². The fourth-order valence-corrected chi connectivity index (χ4v) is 4.15. The summed E-state index contributed by atoms with van der Waals surface area (Å²) in [7, 11) is 0. The molecule has 0 fully saturated rings. The van der Waals surface area contributed by atoms with E-state index >= 15 is 0 Å². The maximum Gasteiger partial charge on any atom is 0.188 e. The number of aliphatic imine (C=N–C) groups is 1. The van der Waals surface area contributed by atoms with E-state index in [0.717, 1.165) is 33.6 Å². The zero-order valence-electron chi connectivity index (χ0n) is 19.1. The van der Waals surface area contributed by atoms with Gasteiger partial charge in [0, 0.05) is 17.5 Å². The lowest BCUT2D eigenvalue weighted by molar-refractivity contribution is 0.306. The summed E-state index contributed by atoms with van der Waals surface area (Å²) in [5.74, 6) is 2.11. The number of anilines is 2. The van der Waals surface area contributed by atoms with Gasteiger partial charge < -0.3 is 14.8 Å². The van der Waals surface area contributed by atoms with Crippen LogP contribution in [0.2, 0.25) is 5.02 Å². The van der Waals surface area contributed by atoms with E-state index < -0.39 is 0 Å². The van der Waals surface area contributed by atoms with E-state index in [9.17, 15) is 0 Å². The van der Waals surface area contributed by atoms with Gasteiger partial charge in [-0.1, -0.05) is 47.5 Å². The molecule has 172 valence electrons. The molecule has 5 rings (SSSR count). The van der Waals surface area contributed by atoms with Crippen molar-refractivity contribution in [2.24, 2.45) is 4.99 Å². The number of ether oxygens (including phenoxy) is 2. The van der Waals surface area contributed by atoms with Gasteiger partial charge in [-0.25, -0.2) is 15.0 Å². The minimum atomic E-state index is 0.213. The van der Waals surface area contributed by atoms with Crippen LogP contribution >= 0.6 is 11.6 Å². The quantitative estimate of drug-likeness (QED) is 0.343. The molecule has 0 saturated heterocycles. The van der Waals surface area contributed by atoms with Crippen molar-refractivity contribution in [3.63, 3.8) is 0 Å². The Balaban J connectivity index is 1.33. The summed E-state index contributed by atoms with van der Waals surface area (Å²) in [4.78, 5) is 13.4. The van der Waals surface area contributed by atoms with Crippen LogP contribution in [0.5, 0.6) is 5.75 Å². The number of fused-ring (bicyclic) bond motifs is 1. The molecule has 1 aliphatic heterocycles. The number of hydrogen-bond donors (Lipinski definition) is 1. The van der Waals surface area contributed by atoms with Crippen molar-refractivity contribution in [1.82, 2.24) is 9.97 Å². The third kappa shape index (κ3) is 5.13. The van der Waals surface area contributed by atoms with Crippen LogP contribution in [0.3, 0.4) is 0 Å². The topological polar surface area (TPSA) is 68.6 Å². The number of nitrogens with zero attached hydrogens (tertiary/aromatic N) is 3. The summed E-state index contributed by atoms with van der Waals surface area (Å²) in [5, 5.41) is 4.82. The minimum Gasteiger partial charge on any atom is -0.487 e. The summed E-state index contributed by atoms with van der Waals surface area (Å²) in [6.07, 6.45) is 2.20. The van der Waals surface area contributed by atoms with Gasteiger partial charge in [0.05, 0.1) is 16.6 Å². The van der Waals surface area contributed by atoms with Crippen molar-refractivity contribution >= 4 is 39.9 Å². The van der Waals surface area contributed by atoms with Crippen LogP contribution < -0.4 is 10.1 Å². The number of aryl methyl sites for hydroxylation is 1. The molecule has 0 bridgehead atoms. The Morgan fingerprint density at radius 1 is 1.06 bits per heavy atom. The van der Waals surface area contributed by atoms with Crippen LogP contribution in [-0.2, 0) is 17.8 Å². The van der Waals surface area contributed by atoms with Gasteiger partial charge in [0.1, 0.15) is 31.1 Å². The van der Waals surface area contributed by atoms with E-state index in [1.165, 1.54) is 5.56 Å². The summed E-state index contributed by atoms with van der Waals surface area (Å²) in [5.41, 5.74) is 5.06. The second kappa shape index (κ2) is 9.69. The fraction of sp³-hybridized carbons (Fsp3) is 0.222. The third-order valence-electron chi connectivity index (χ3n) is 5.58. The largest absolute Gasteiger partial charge is 0.487 e. The van der Waals surface area contributed by atoms with E-state index in [1.54, 1.807) is 6.33 Å². The van der Waals surface area contributed by atoms with Crippen molar-refractivity contribution in [1.29, 1.82) is 0 Å². The molecule has 34 heavy (non-hydrogen) atoms. The molecule has 1 N–H and O–H groups in total. The number of nitrogens with one attached hydrogen (secondary N) is 1. The molecule has 7 heteroatoms. The minimum absolute atomic E-state index is 0.213. The van der Waals surface area contributed by atoms with Gasteiger partial charge in [-0.2, -0.15) is 0 Å². The normalized spacial score (nSPS) is 15.1. The molecule has 0 amide bonds. The molecule has 1 atom stereocenters. The van der Waals surface area contributed by atoms with Gasteiger partial charge in [0.15, 0.2) is 5.90 Å². The lowest BCUT2D eigenvalue weighted by Crippen LogP contribution is -2.04. The molecule has 6 nitrogen and oxygen atoms in total. The molecule has 1 aliphatic rings. The Bertz CT molecular complexity index is 1370. The molecule has 3 aromatic carbocycles. The lowest BCUT2D eigenvalue weighted by atomic mass is 10.1. The first-order valence-corrected chi connectivity index (χ1v) is 11.6. The van der Waals surface area contributed by atoms with Crippen LogP contribution in [0.15, 0.2) is 72.0 Å². The highest BCUT2D eigenvalue weighted by molar-refractivity contribution is 6.32. The third-order valence-corrected chi connectivity index (χ3v) is 5.88. The van der Waals surface area contributed by atoms with Crippen LogP contribution in [0.25, 0.3) is 10.9 Å². The average Bonchev–Trinajstić information content (AvgIpc) is 3.23. The zero-order chi connectivity index (χ0) is 23.5. The number of halogens is 1. The van der Waals surface area contributed by atoms with Crippen LogP contribution in [0.1, 0.15) is 23.6 Å². The van der Waals surface area contributed by atoms with E-state index in [0.29, 0.717) is 36.2 Å². The highest BCUT2D eigenvalue weighted by atomic mass is 35.5. The molecule has 4 aromatic rings. The predicted molar refractivity (Wildman–Crippen MR) is 136 cm³/mol. The Kier molecular flexibility index (Phi) is 6.32. The second-order valence-electron chi connectivity index (χ2n) is 8.48. The van der Waals surface area contributed by atoms with Gasteiger partial charge in [0.2, 0.25) is 0 Å². The van der Waals surface area contributed by atoms with Gasteiger partial charge >= 0.3 is 0 Å². The second-order valence-corrected chi connectivity index (χ2v) is 8.89. The van der Waals surface area contributed by atoms with Gasteiger partial charge in [-0.05, 0) is 55.3 Å². The highest BCUT2D eigenvalue weighted by Gasteiger charge is 2.15. The number of aromatic nitrogens is 2. The Morgan fingerprint density at radius 3 is 2.76 bits per heavy atom. The maximum absolute atomic E-state index is 6.52. The molecule has 0 saturated carbocycles. The van der Waals surface area contributed by atoms with E-state index in [4.69, 9.17) is 21.1 Å². The maximum atomic E-state index is 6.52. The molecule has 0 unspecified atom stereocenters. The molecular formula is C27H25ClN4O2. The van der Waals surface area contributed by atoms with E-state index in [1.807, 2.05) is 49.4 Å². The van der Waals surface area contributed by atoms with Crippen LogP contribution in [-0.4, -0.2) is 28.5 Å².